The van der Waals surface area contributed by atoms with Gasteiger partial charge in [0.15, 0.2) is 9.84 Å². The van der Waals surface area contributed by atoms with Crippen molar-refractivity contribution in [2.24, 2.45) is 0 Å². The zero-order valence-electron chi connectivity index (χ0n) is 14.2. The maximum atomic E-state index is 12.1. The van der Waals surface area contributed by atoms with Gasteiger partial charge in [0.05, 0.1) is 34.8 Å². The molecule has 1 aromatic carbocycles. The molecule has 0 aromatic heterocycles. The number of methoxy groups -OCH3 is 1. The highest BCUT2D eigenvalue weighted by Gasteiger charge is 2.27. The van der Waals surface area contributed by atoms with Crippen molar-refractivity contribution < 1.29 is 22.7 Å². The molecule has 1 aliphatic rings. The van der Waals surface area contributed by atoms with E-state index in [1.807, 2.05) is 13.8 Å². The summed E-state index contributed by atoms with van der Waals surface area (Å²) in [6.45, 7) is 5.57. The Morgan fingerprint density at radius 3 is 2.42 bits per heavy atom. The molecule has 1 aromatic rings. The van der Waals surface area contributed by atoms with Crippen molar-refractivity contribution in [2.75, 3.05) is 26.5 Å². The highest BCUT2D eigenvalue weighted by Crippen LogP contribution is 2.30. The van der Waals surface area contributed by atoms with Crippen molar-refractivity contribution >= 4 is 27.4 Å². The van der Waals surface area contributed by atoms with Gasteiger partial charge in [0.2, 0.25) is 0 Å². The summed E-state index contributed by atoms with van der Waals surface area (Å²) in [4.78, 5) is 14.1. The predicted octanol–water partition coefficient (Wildman–Crippen LogP) is 2.14. The third kappa shape index (κ3) is 4.27. The van der Waals surface area contributed by atoms with Crippen LogP contribution < -0.4 is 0 Å². The fraction of sp³-hybridized carbons (Fsp3) is 0.562. The fourth-order valence-electron chi connectivity index (χ4n) is 3.00. The van der Waals surface area contributed by atoms with Crippen molar-refractivity contribution in [2.45, 2.75) is 37.5 Å². The van der Waals surface area contributed by atoms with Crippen LogP contribution in [0.4, 0.5) is 0 Å². The highest BCUT2D eigenvalue weighted by molar-refractivity contribution is 7.90. The third-order valence-electron chi connectivity index (χ3n) is 3.88. The Morgan fingerprint density at radius 2 is 1.92 bits per heavy atom. The molecule has 0 N–H and O–H groups in total. The minimum atomic E-state index is -3.48. The summed E-state index contributed by atoms with van der Waals surface area (Å²) < 4.78 is 34.6. The molecular weight excluding hydrogens is 354 g/mol. The Labute approximate surface area is 147 Å². The number of hydrogen-bond acceptors (Lipinski definition) is 6. The van der Waals surface area contributed by atoms with Crippen molar-refractivity contribution in [1.29, 1.82) is 0 Å². The number of sulfone groups is 1. The number of carbonyl (C=O) groups is 1. The molecule has 2 rings (SSSR count). The van der Waals surface area contributed by atoms with Gasteiger partial charge in [-0.15, -0.1) is 0 Å². The van der Waals surface area contributed by atoms with Crippen molar-refractivity contribution in [3.05, 3.63) is 28.3 Å². The van der Waals surface area contributed by atoms with Gasteiger partial charge in [-0.25, -0.2) is 13.2 Å². The minimum Gasteiger partial charge on any atom is -0.465 e. The van der Waals surface area contributed by atoms with Crippen LogP contribution in [-0.4, -0.2) is 58.0 Å². The molecule has 0 saturated carbocycles. The maximum Gasteiger partial charge on any atom is 0.339 e. The maximum absolute atomic E-state index is 12.1. The first kappa shape index (κ1) is 19.2. The minimum absolute atomic E-state index is 0.0398. The SMILES string of the molecule is COC(=O)c1ccc(S(C)(=O)=O)c(CN2CC(C)OC(C)C2)c1Cl. The monoisotopic (exact) mass is 375 g/mol. The summed E-state index contributed by atoms with van der Waals surface area (Å²) in [5.74, 6) is -0.593. The van der Waals surface area contributed by atoms with E-state index in [0.717, 1.165) is 6.26 Å². The lowest BCUT2D eigenvalue weighted by atomic mass is 10.1. The Hall–Kier alpha value is -1.15. The van der Waals surface area contributed by atoms with E-state index >= 15 is 0 Å². The number of rotatable bonds is 4. The molecule has 0 radical (unpaired) electrons. The number of hydrogen-bond donors (Lipinski definition) is 0. The number of morpholine rings is 1. The molecule has 0 spiro atoms. The lowest BCUT2D eigenvalue weighted by Crippen LogP contribution is -2.45. The van der Waals surface area contributed by atoms with Crippen LogP contribution in [-0.2, 0) is 25.9 Å². The average molecular weight is 376 g/mol. The smallest absolute Gasteiger partial charge is 0.339 e. The van der Waals surface area contributed by atoms with Crippen LogP contribution in [0.15, 0.2) is 17.0 Å². The molecule has 0 bridgehead atoms. The molecule has 1 saturated heterocycles. The first-order chi connectivity index (χ1) is 11.1. The molecule has 6 nitrogen and oxygen atoms in total. The van der Waals surface area contributed by atoms with E-state index in [2.05, 4.69) is 4.90 Å². The first-order valence-corrected chi connectivity index (χ1v) is 9.88. The van der Waals surface area contributed by atoms with Gasteiger partial charge in [0.1, 0.15) is 0 Å². The first-order valence-electron chi connectivity index (χ1n) is 7.61. The largest absolute Gasteiger partial charge is 0.465 e. The van der Waals surface area contributed by atoms with Gasteiger partial charge in [-0.3, -0.25) is 4.90 Å². The lowest BCUT2D eigenvalue weighted by molar-refractivity contribution is -0.0706. The Bertz CT molecular complexity index is 724. The Balaban J connectivity index is 2.46. The average Bonchev–Trinajstić information content (AvgIpc) is 2.46. The molecule has 2 unspecified atom stereocenters. The summed E-state index contributed by atoms with van der Waals surface area (Å²) in [6, 6.07) is 2.80. The van der Waals surface area contributed by atoms with Gasteiger partial charge in [0, 0.05) is 31.5 Å². The predicted molar refractivity (Wildman–Crippen MR) is 91.2 cm³/mol. The van der Waals surface area contributed by atoms with E-state index in [-0.39, 0.29) is 27.7 Å². The second-order valence-electron chi connectivity index (χ2n) is 6.12. The van der Waals surface area contributed by atoms with Gasteiger partial charge >= 0.3 is 5.97 Å². The standard InChI is InChI=1S/C16H22ClNO5S/c1-10-7-18(8-11(2)23-10)9-13-14(24(4,20)21)6-5-12(15(13)17)16(19)22-3/h5-6,10-11H,7-9H2,1-4H3. The highest BCUT2D eigenvalue weighted by atomic mass is 35.5. The quantitative estimate of drug-likeness (QED) is 0.751. The lowest BCUT2D eigenvalue weighted by Gasteiger charge is -2.35. The summed E-state index contributed by atoms with van der Waals surface area (Å²) in [6.07, 6.45) is 1.21. The summed E-state index contributed by atoms with van der Waals surface area (Å²) in [5.41, 5.74) is 0.583. The summed E-state index contributed by atoms with van der Waals surface area (Å²) in [5, 5.41) is 0.122. The van der Waals surface area contributed by atoms with Crippen LogP contribution in [0.2, 0.25) is 5.02 Å². The van der Waals surface area contributed by atoms with Crippen LogP contribution in [0, 0.1) is 0 Å². The summed E-state index contributed by atoms with van der Waals surface area (Å²) >= 11 is 6.36. The number of esters is 1. The molecule has 134 valence electrons. The van der Waals surface area contributed by atoms with Crippen LogP contribution in [0.5, 0.6) is 0 Å². The van der Waals surface area contributed by atoms with Crippen LogP contribution in [0.3, 0.4) is 0 Å². The molecule has 0 aliphatic carbocycles. The van der Waals surface area contributed by atoms with E-state index in [9.17, 15) is 13.2 Å². The Morgan fingerprint density at radius 1 is 1.33 bits per heavy atom. The van der Waals surface area contributed by atoms with E-state index in [0.29, 0.717) is 25.2 Å². The molecule has 1 heterocycles. The zero-order chi connectivity index (χ0) is 18.1. The van der Waals surface area contributed by atoms with Gasteiger partial charge in [-0.05, 0) is 26.0 Å². The zero-order valence-corrected chi connectivity index (χ0v) is 15.8. The molecular formula is C16H22ClNO5S. The molecule has 8 heteroatoms. The number of benzene rings is 1. The normalized spacial score (nSPS) is 22.4. The van der Waals surface area contributed by atoms with E-state index < -0.39 is 15.8 Å². The Kier molecular flexibility index (Phi) is 5.91. The van der Waals surface area contributed by atoms with E-state index in [4.69, 9.17) is 21.1 Å². The van der Waals surface area contributed by atoms with Crippen LogP contribution in [0.25, 0.3) is 0 Å². The van der Waals surface area contributed by atoms with Crippen LogP contribution in [0.1, 0.15) is 29.8 Å². The van der Waals surface area contributed by atoms with Crippen molar-refractivity contribution in [3.63, 3.8) is 0 Å². The topological polar surface area (TPSA) is 72.9 Å². The molecule has 2 atom stereocenters. The van der Waals surface area contributed by atoms with Gasteiger partial charge in [-0.1, -0.05) is 11.6 Å². The number of halogens is 1. The number of ether oxygens (including phenoxy) is 2. The second kappa shape index (κ2) is 7.39. The summed E-state index contributed by atoms with van der Waals surface area (Å²) in [7, 11) is -2.22. The van der Waals surface area contributed by atoms with Gasteiger partial charge < -0.3 is 9.47 Å². The van der Waals surface area contributed by atoms with E-state index in [1.54, 1.807) is 0 Å². The van der Waals surface area contributed by atoms with Gasteiger partial charge in [0.25, 0.3) is 0 Å². The molecule has 1 aliphatic heterocycles. The molecule has 1 fully saturated rings. The van der Waals surface area contributed by atoms with Crippen molar-refractivity contribution in [3.8, 4) is 0 Å². The molecule has 0 amide bonds. The third-order valence-corrected chi connectivity index (χ3v) is 5.50. The molecule has 24 heavy (non-hydrogen) atoms. The van der Waals surface area contributed by atoms with Crippen LogP contribution >= 0.6 is 11.6 Å². The van der Waals surface area contributed by atoms with E-state index in [1.165, 1.54) is 19.2 Å². The number of nitrogens with zero attached hydrogens (tertiary/aromatic N) is 1. The van der Waals surface area contributed by atoms with Crippen molar-refractivity contribution in [1.82, 2.24) is 4.90 Å². The fourth-order valence-corrected chi connectivity index (χ4v) is 4.29. The second-order valence-corrected chi connectivity index (χ2v) is 8.48. The number of carbonyl (C=O) groups excluding carboxylic acids is 1. The van der Waals surface area contributed by atoms with Gasteiger partial charge in [-0.2, -0.15) is 0 Å².